The Morgan fingerprint density at radius 1 is 1.19 bits per heavy atom. The molecule has 1 saturated carbocycles. The maximum Gasteiger partial charge on any atom is 0.220 e. The third-order valence-electron chi connectivity index (χ3n) is 3.59. The fourth-order valence-electron chi connectivity index (χ4n) is 2.44. The van der Waals surface area contributed by atoms with Gasteiger partial charge in [-0.05, 0) is 38.6 Å². The molecule has 1 amide bonds. The Labute approximate surface area is 99.2 Å². The van der Waals surface area contributed by atoms with Gasteiger partial charge in [-0.1, -0.05) is 26.2 Å². The Balaban J connectivity index is 2.02. The minimum Gasteiger partial charge on any atom is -0.369 e. The van der Waals surface area contributed by atoms with E-state index in [-0.39, 0.29) is 11.8 Å². The normalized spacial score (nSPS) is 25.6. The molecule has 0 atom stereocenters. The molecule has 3 N–H and O–H groups in total. The van der Waals surface area contributed by atoms with E-state index in [1.54, 1.807) is 0 Å². The van der Waals surface area contributed by atoms with Crippen LogP contribution in [0.5, 0.6) is 0 Å². The van der Waals surface area contributed by atoms with Crippen LogP contribution in [0.2, 0.25) is 0 Å². The van der Waals surface area contributed by atoms with E-state index in [0.717, 1.165) is 32.2 Å². The average molecular weight is 226 g/mol. The van der Waals surface area contributed by atoms with Crippen molar-refractivity contribution in [3.63, 3.8) is 0 Å². The van der Waals surface area contributed by atoms with Gasteiger partial charge in [0.05, 0.1) is 0 Å². The van der Waals surface area contributed by atoms with Gasteiger partial charge >= 0.3 is 0 Å². The van der Waals surface area contributed by atoms with Crippen LogP contribution in [0.3, 0.4) is 0 Å². The zero-order valence-corrected chi connectivity index (χ0v) is 10.5. The molecule has 1 aliphatic rings. The largest absolute Gasteiger partial charge is 0.369 e. The zero-order valence-electron chi connectivity index (χ0n) is 10.5. The molecule has 3 heteroatoms. The number of carbonyl (C=O) groups is 1. The fraction of sp³-hybridized carbons (Fsp3) is 0.923. The van der Waals surface area contributed by atoms with E-state index in [1.807, 2.05) is 0 Å². The summed E-state index contributed by atoms with van der Waals surface area (Å²) in [5, 5.41) is 3.59. The van der Waals surface area contributed by atoms with E-state index in [1.165, 1.54) is 25.7 Å². The number of amides is 1. The van der Waals surface area contributed by atoms with Gasteiger partial charge < -0.3 is 11.1 Å². The second-order valence-electron chi connectivity index (χ2n) is 4.97. The first-order chi connectivity index (χ1) is 7.74. The first kappa shape index (κ1) is 13.5. The van der Waals surface area contributed by atoms with Crippen molar-refractivity contribution >= 4 is 5.91 Å². The van der Waals surface area contributed by atoms with Crippen molar-refractivity contribution in [3.05, 3.63) is 0 Å². The molecule has 0 spiro atoms. The quantitative estimate of drug-likeness (QED) is 0.654. The van der Waals surface area contributed by atoms with Crippen LogP contribution in [0.15, 0.2) is 0 Å². The van der Waals surface area contributed by atoms with E-state index >= 15 is 0 Å². The summed E-state index contributed by atoms with van der Waals surface area (Å²) < 4.78 is 0. The van der Waals surface area contributed by atoms with Gasteiger partial charge in [0.2, 0.25) is 5.91 Å². The molecule has 0 aromatic carbocycles. The van der Waals surface area contributed by atoms with Crippen LogP contribution in [0.4, 0.5) is 0 Å². The molecule has 0 aromatic heterocycles. The number of nitrogens with one attached hydrogen (secondary N) is 1. The van der Waals surface area contributed by atoms with Crippen LogP contribution in [0, 0.1) is 5.92 Å². The highest BCUT2D eigenvalue weighted by Gasteiger charge is 2.23. The number of carbonyl (C=O) groups excluding carboxylic acids is 1. The molecule has 16 heavy (non-hydrogen) atoms. The van der Waals surface area contributed by atoms with E-state index in [2.05, 4.69) is 12.2 Å². The standard InChI is InChI=1S/C13H26N2O/c1-2-3-4-5-10-15-12-8-6-11(7-9-12)13(14)16/h11-12,15H,2-10H2,1H3,(H2,14,16). The Kier molecular flexibility index (Phi) is 6.46. The molecule has 0 radical (unpaired) electrons. The SMILES string of the molecule is CCCCCCNC1CCC(C(N)=O)CC1. The molecular weight excluding hydrogens is 200 g/mol. The van der Waals surface area contributed by atoms with E-state index in [4.69, 9.17) is 5.73 Å². The number of nitrogens with two attached hydrogens (primary N) is 1. The first-order valence-corrected chi connectivity index (χ1v) is 6.76. The monoisotopic (exact) mass is 226 g/mol. The van der Waals surface area contributed by atoms with Gasteiger partial charge in [-0.15, -0.1) is 0 Å². The van der Waals surface area contributed by atoms with E-state index in [9.17, 15) is 4.79 Å². The van der Waals surface area contributed by atoms with Crippen LogP contribution >= 0.6 is 0 Å². The molecule has 0 aliphatic heterocycles. The Hall–Kier alpha value is -0.570. The Morgan fingerprint density at radius 2 is 1.88 bits per heavy atom. The van der Waals surface area contributed by atoms with Gasteiger partial charge in [0.1, 0.15) is 0 Å². The summed E-state index contributed by atoms with van der Waals surface area (Å²) in [6.07, 6.45) is 9.43. The number of rotatable bonds is 7. The third kappa shape index (κ3) is 4.97. The second kappa shape index (κ2) is 7.66. The summed E-state index contributed by atoms with van der Waals surface area (Å²) in [6, 6.07) is 0.622. The van der Waals surface area contributed by atoms with Crippen molar-refractivity contribution in [2.45, 2.75) is 64.3 Å². The maximum atomic E-state index is 11.0. The van der Waals surface area contributed by atoms with Gasteiger partial charge in [0.15, 0.2) is 0 Å². The molecule has 1 aliphatic carbocycles. The highest BCUT2D eigenvalue weighted by atomic mass is 16.1. The fourth-order valence-corrected chi connectivity index (χ4v) is 2.44. The third-order valence-corrected chi connectivity index (χ3v) is 3.59. The summed E-state index contributed by atoms with van der Waals surface area (Å²) in [5.74, 6) is 0.0273. The van der Waals surface area contributed by atoms with Crippen molar-refractivity contribution in [2.24, 2.45) is 11.7 Å². The number of unbranched alkanes of at least 4 members (excludes halogenated alkanes) is 3. The summed E-state index contributed by atoms with van der Waals surface area (Å²) in [6.45, 7) is 3.37. The molecular formula is C13H26N2O. The second-order valence-corrected chi connectivity index (χ2v) is 4.97. The molecule has 3 nitrogen and oxygen atoms in total. The van der Waals surface area contributed by atoms with Crippen LogP contribution in [-0.2, 0) is 4.79 Å². The van der Waals surface area contributed by atoms with Gasteiger partial charge in [-0.3, -0.25) is 4.79 Å². The van der Waals surface area contributed by atoms with Crippen molar-refractivity contribution in [1.82, 2.24) is 5.32 Å². The summed E-state index contributed by atoms with van der Waals surface area (Å²) in [7, 11) is 0. The lowest BCUT2D eigenvalue weighted by atomic mass is 9.85. The predicted molar refractivity (Wildman–Crippen MR) is 67.1 cm³/mol. The Bertz CT molecular complexity index is 198. The lowest BCUT2D eigenvalue weighted by Crippen LogP contribution is -2.37. The summed E-state index contributed by atoms with van der Waals surface area (Å²) in [5.41, 5.74) is 5.31. The number of primary amides is 1. The Morgan fingerprint density at radius 3 is 2.44 bits per heavy atom. The highest BCUT2D eigenvalue weighted by molar-refractivity contribution is 5.76. The molecule has 1 rings (SSSR count). The van der Waals surface area contributed by atoms with Crippen LogP contribution < -0.4 is 11.1 Å². The molecule has 0 bridgehead atoms. The van der Waals surface area contributed by atoms with Gasteiger partial charge in [-0.2, -0.15) is 0 Å². The van der Waals surface area contributed by atoms with Crippen molar-refractivity contribution < 1.29 is 4.79 Å². The maximum absolute atomic E-state index is 11.0. The molecule has 0 heterocycles. The topological polar surface area (TPSA) is 55.1 Å². The van der Waals surface area contributed by atoms with Crippen LogP contribution in [-0.4, -0.2) is 18.5 Å². The minimum absolute atomic E-state index is 0.110. The highest BCUT2D eigenvalue weighted by Crippen LogP contribution is 2.23. The number of hydrogen-bond donors (Lipinski definition) is 2. The lowest BCUT2D eigenvalue weighted by molar-refractivity contribution is -0.122. The van der Waals surface area contributed by atoms with Gasteiger partial charge in [0, 0.05) is 12.0 Å². The van der Waals surface area contributed by atoms with Gasteiger partial charge in [-0.25, -0.2) is 0 Å². The molecule has 0 saturated heterocycles. The molecule has 0 aromatic rings. The molecule has 0 unspecified atom stereocenters. The van der Waals surface area contributed by atoms with Crippen LogP contribution in [0.1, 0.15) is 58.3 Å². The molecule has 94 valence electrons. The van der Waals surface area contributed by atoms with Crippen molar-refractivity contribution in [1.29, 1.82) is 0 Å². The predicted octanol–water partition coefficient (Wildman–Crippen LogP) is 2.20. The molecule has 1 fully saturated rings. The van der Waals surface area contributed by atoms with Crippen molar-refractivity contribution in [2.75, 3.05) is 6.54 Å². The van der Waals surface area contributed by atoms with Crippen molar-refractivity contribution in [3.8, 4) is 0 Å². The zero-order chi connectivity index (χ0) is 11.8. The van der Waals surface area contributed by atoms with E-state index < -0.39 is 0 Å². The smallest absolute Gasteiger partial charge is 0.220 e. The average Bonchev–Trinajstić information content (AvgIpc) is 2.29. The summed E-state index contributed by atoms with van der Waals surface area (Å²) in [4.78, 5) is 11.0. The van der Waals surface area contributed by atoms with E-state index in [0.29, 0.717) is 6.04 Å². The van der Waals surface area contributed by atoms with Gasteiger partial charge in [0.25, 0.3) is 0 Å². The van der Waals surface area contributed by atoms with Crippen LogP contribution in [0.25, 0.3) is 0 Å². The lowest BCUT2D eigenvalue weighted by Gasteiger charge is -2.27. The number of hydrogen-bond acceptors (Lipinski definition) is 2. The first-order valence-electron chi connectivity index (χ1n) is 6.76. The summed E-state index contributed by atoms with van der Waals surface area (Å²) >= 11 is 0. The minimum atomic E-state index is -0.110.